The molecule has 0 saturated heterocycles. The number of hydrogen-bond acceptors (Lipinski definition) is 1. The summed E-state index contributed by atoms with van der Waals surface area (Å²) in [6.07, 6.45) is -2.72. The van der Waals surface area contributed by atoms with E-state index in [4.69, 9.17) is 11.6 Å². The van der Waals surface area contributed by atoms with Gasteiger partial charge in [-0.2, -0.15) is 4.39 Å². The van der Waals surface area contributed by atoms with E-state index in [-0.39, 0.29) is 5.15 Å². The van der Waals surface area contributed by atoms with Gasteiger partial charge in [0.1, 0.15) is 5.15 Å². The normalized spacial score (nSPS) is 10.6. The number of hydrogen-bond donors (Lipinski definition) is 0. The molecule has 0 atom stereocenters. The van der Waals surface area contributed by atoms with Gasteiger partial charge in [0.05, 0.1) is 0 Å². The number of pyridine rings is 1. The summed E-state index contributed by atoms with van der Waals surface area (Å²) in [7, 11) is 0. The van der Waals surface area contributed by atoms with Crippen molar-refractivity contribution in [1.82, 2.24) is 4.98 Å². The van der Waals surface area contributed by atoms with Crippen LogP contribution in [0.3, 0.4) is 0 Å². The first kappa shape index (κ1) is 8.33. The number of nitrogens with zero attached hydrogens (tertiary/aromatic N) is 1. The van der Waals surface area contributed by atoms with E-state index in [1.54, 1.807) is 0 Å². The Kier molecular flexibility index (Phi) is 2.34. The molecule has 1 nitrogen and oxygen atoms in total. The van der Waals surface area contributed by atoms with Crippen LogP contribution >= 0.6 is 11.6 Å². The second kappa shape index (κ2) is 3.09. The lowest BCUT2D eigenvalue weighted by Gasteiger charge is -1.98. The van der Waals surface area contributed by atoms with E-state index in [2.05, 4.69) is 4.98 Å². The van der Waals surface area contributed by atoms with Crippen LogP contribution in [0.15, 0.2) is 12.1 Å². The molecule has 0 aliphatic heterocycles. The molecule has 0 amide bonds. The highest BCUT2D eigenvalue weighted by atomic mass is 35.5. The van der Waals surface area contributed by atoms with E-state index in [0.29, 0.717) is 6.07 Å². The first-order valence-electron chi connectivity index (χ1n) is 2.70. The maximum atomic E-state index is 12.3. The van der Waals surface area contributed by atoms with Gasteiger partial charge >= 0.3 is 0 Å². The predicted molar refractivity (Wildman–Crippen MR) is 34.2 cm³/mol. The lowest BCUT2D eigenvalue weighted by molar-refractivity contribution is 0.150. The van der Waals surface area contributed by atoms with E-state index >= 15 is 0 Å². The zero-order valence-electron chi connectivity index (χ0n) is 5.19. The van der Waals surface area contributed by atoms with Crippen LogP contribution in [0.1, 0.15) is 12.0 Å². The Morgan fingerprint density at radius 3 is 2.45 bits per heavy atom. The molecular formula is C6H3ClF3N. The molecule has 0 fully saturated rings. The van der Waals surface area contributed by atoms with E-state index in [1.165, 1.54) is 0 Å². The van der Waals surface area contributed by atoms with Gasteiger partial charge in [0, 0.05) is 11.6 Å². The summed E-state index contributed by atoms with van der Waals surface area (Å²) in [6, 6.07) is 1.58. The lowest BCUT2D eigenvalue weighted by Crippen LogP contribution is -1.89. The van der Waals surface area contributed by atoms with Crippen molar-refractivity contribution in [2.45, 2.75) is 6.43 Å². The fourth-order valence-corrected chi connectivity index (χ4v) is 0.816. The van der Waals surface area contributed by atoms with E-state index in [0.717, 1.165) is 6.07 Å². The van der Waals surface area contributed by atoms with E-state index < -0.39 is 17.9 Å². The quantitative estimate of drug-likeness (QED) is 0.607. The Bertz CT molecular complexity index is 244. The third-order valence-corrected chi connectivity index (χ3v) is 1.23. The molecule has 1 aromatic heterocycles. The van der Waals surface area contributed by atoms with E-state index in [1.807, 2.05) is 0 Å². The molecular weight excluding hydrogens is 179 g/mol. The molecule has 0 saturated carbocycles. The third kappa shape index (κ3) is 2.08. The molecule has 1 rings (SSSR count). The number of rotatable bonds is 1. The van der Waals surface area contributed by atoms with Crippen molar-refractivity contribution in [2.75, 3.05) is 0 Å². The molecule has 11 heavy (non-hydrogen) atoms. The highest BCUT2D eigenvalue weighted by Gasteiger charge is 2.09. The molecule has 0 aliphatic rings. The van der Waals surface area contributed by atoms with Gasteiger partial charge in [-0.15, -0.1) is 0 Å². The van der Waals surface area contributed by atoms with Gasteiger partial charge in [-0.1, -0.05) is 11.6 Å². The fraction of sp³-hybridized carbons (Fsp3) is 0.167. The zero-order valence-corrected chi connectivity index (χ0v) is 5.95. The van der Waals surface area contributed by atoms with Gasteiger partial charge in [-0.05, 0) is 6.07 Å². The maximum Gasteiger partial charge on any atom is 0.264 e. The first-order chi connectivity index (χ1) is 5.09. The van der Waals surface area contributed by atoms with Crippen molar-refractivity contribution in [1.29, 1.82) is 0 Å². The standard InChI is InChI=1S/C6H3ClF3N/c7-4-1-3(6(9)10)2-5(8)11-4/h1-2,6H. The maximum absolute atomic E-state index is 12.3. The fourth-order valence-electron chi connectivity index (χ4n) is 0.609. The van der Waals surface area contributed by atoms with Crippen LogP contribution in [0, 0.1) is 5.95 Å². The first-order valence-corrected chi connectivity index (χ1v) is 3.08. The summed E-state index contributed by atoms with van der Waals surface area (Å²) >= 11 is 5.21. The summed E-state index contributed by atoms with van der Waals surface area (Å²) in [5.41, 5.74) is -0.456. The molecule has 0 radical (unpaired) electrons. The molecule has 60 valence electrons. The van der Waals surface area contributed by atoms with Gasteiger partial charge < -0.3 is 0 Å². The average Bonchev–Trinajstić information content (AvgIpc) is 1.85. The summed E-state index contributed by atoms with van der Waals surface area (Å²) < 4.78 is 36.0. The monoisotopic (exact) mass is 181 g/mol. The number of alkyl halides is 2. The Labute approximate surface area is 65.8 Å². The molecule has 5 heteroatoms. The van der Waals surface area contributed by atoms with Crippen molar-refractivity contribution in [3.05, 3.63) is 28.8 Å². The molecule has 0 aromatic carbocycles. The van der Waals surface area contributed by atoms with Gasteiger partial charge in [-0.25, -0.2) is 13.8 Å². The number of aromatic nitrogens is 1. The summed E-state index contributed by atoms with van der Waals surface area (Å²) in [5.74, 6) is -0.993. The van der Waals surface area contributed by atoms with Gasteiger partial charge in [-0.3, -0.25) is 0 Å². The minimum atomic E-state index is -2.72. The molecule has 0 aliphatic carbocycles. The summed E-state index contributed by atoms with van der Waals surface area (Å²) in [4.78, 5) is 3.08. The highest BCUT2D eigenvalue weighted by Crippen LogP contribution is 2.21. The van der Waals surface area contributed by atoms with Gasteiger partial charge in [0.25, 0.3) is 6.43 Å². The van der Waals surface area contributed by atoms with Crippen molar-refractivity contribution < 1.29 is 13.2 Å². The van der Waals surface area contributed by atoms with Crippen molar-refractivity contribution >= 4 is 11.6 Å². The number of halogens is 4. The second-order valence-electron chi connectivity index (χ2n) is 1.85. The minimum Gasteiger partial charge on any atom is -0.208 e. The summed E-state index contributed by atoms with van der Waals surface area (Å²) in [6.45, 7) is 0. The Balaban J connectivity index is 3.08. The van der Waals surface area contributed by atoms with E-state index in [9.17, 15) is 13.2 Å². The summed E-state index contributed by atoms with van der Waals surface area (Å²) in [5, 5.41) is -0.264. The average molecular weight is 182 g/mol. The predicted octanol–water partition coefficient (Wildman–Crippen LogP) is 2.81. The topological polar surface area (TPSA) is 12.9 Å². The van der Waals surface area contributed by atoms with Crippen molar-refractivity contribution in [3.8, 4) is 0 Å². The van der Waals surface area contributed by atoms with Crippen LogP contribution in [-0.2, 0) is 0 Å². The molecule has 0 bridgehead atoms. The third-order valence-electron chi connectivity index (χ3n) is 1.04. The molecule has 0 N–H and O–H groups in total. The Hall–Kier alpha value is -0.770. The molecule has 0 spiro atoms. The Morgan fingerprint density at radius 1 is 1.36 bits per heavy atom. The van der Waals surface area contributed by atoms with Crippen LogP contribution in [0.5, 0.6) is 0 Å². The zero-order chi connectivity index (χ0) is 8.43. The Morgan fingerprint density at radius 2 is 2.00 bits per heavy atom. The molecule has 1 aromatic rings. The smallest absolute Gasteiger partial charge is 0.208 e. The molecule has 1 heterocycles. The van der Waals surface area contributed by atoms with Gasteiger partial charge in [0.2, 0.25) is 5.95 Å². The SMILES string of the molecule is Fc1cc(C(F)F)cc(Cl)n1. The largest absolute Gasteiger partial charge is 0.264 e. The van der Waals surface area contributed by atoms with Crippen LogP contribution in [0.25, 0.3) is 0 Å². The van der Waals surface area contributed by atoms with Crippen LogP contribution < -0.4 is 0 Å². The molecule has 0 unspecified atom stereocenters. The highest BCUT2D eigenvalue weighted by molar-refractivity contribution is 6.29. The van der Waals surface area contributed by atoms with Crippen LogP contribution in [0.2, 0.25) is 5.15 Å². The van der Waals surface area contributed by atoms with Gasteiger partial charge in [0.15, 0.2) is 0 Å². The van der Waals surface area contributed by atoms with Crippen LogP contribution in [0.4, 0.5) is 13.2 Å². The lowest BCUT2D eigenvalue weighted by atomic mass is 10.3. The van der Waals surface area contributed by atoms with Crippen molar-refractivity contribution in [2.24, 2.45) is 0 Å². The van der Waals surface area contributed by atoms with Crippen LogP contribution in [-0.4, -0.2) is 4.98 Å². The van der Waals surface area contributed by atoms with Crippen molar-refractivity contribution in [3.63, 3.8) is 0 Å². The minimum absolute atomic E-state index is 0.264. The second-order valence-corrected chi connectivity index (χ2v) is 2.23.